The number of rotatable bonds is 3. The highest BCUT2D eigenvalue weighted by Crippen LogP contribution is 2.21. The van der Waals surface area contributed by atoms with Gasteiger partial charge < -0.3 is 0 Å². The average molecular weight is 190 g/mol. The van der Waals surface area contributed by atoms with Crippen LogP contribution in [0.1, 0.15) is 32.1 Å². The van der Waals surface area contributed by atoms with Gasteiger partial charge in [-0.1, -0.05) is 19.3 Å². The standard InChI is InChI=1S/C9H16ClNO/c1-11(7-9(10)12)8-5-3-2-4-6-8/h8H,2-7H2,1H3. The van der Waals surface area contributed by atoms with Crippen molar-refractivity contribution < 1.29 is 4.79 Å². The van der Waals surface area contributed by atoms with E-state index in [1.54, 1.807) is 0 Å². The van der Waals surface area contributed by atoms with Gasteiger partial charge >= 0.3 is 0 Å². The first-order valence-electron chi connectivity index (χ1n) is 4.58. The summed E-state index contributed by atoms with van der Waals surface area (Å²) < 4.78 is 0. The molecule has 0 saturated heterocycles. The SMILES string of the molecule is CN(CC(=O)Cl)C1CCCCC1. The molecule has 1 aliphatic carbocycles. The van der Waals surface area contributed by atoms with E-state index in [0.29, 0.717) is 12.6 Å². The summed E-state index contributed by atoms with van der Waals surface area (Å²) in [5.41, 5.74) is 0. The molecule has 0 amide bonds. The molecule has 0 atom stereocenters. The fraction of sp³-hybridized carbons (Fsp3) is 0.889. The molecule has 1 saturated carbocycles. The van der Waals surface area contributed by atoms with Gasteiger partial charge in [0, 0.05) is 6.04 Å². The number of nitrogens with zero attached hydrogens (tertiary/aromatic N) is 1. The lowest BCUT2D eigenvalue weighted by molar-refractivity contribution is -0.113. The smallest absolute Gasteiger partial charge is 0.235 e. The molecule has 1 fully saturated rings. The van der Waals surface area contributed by atoms with Crippen LogP contribution in [0.25, 0.3) is 0 Å². The largest absolute Gasteiger partial charge is 0.295 e. The molecule has 1 aliphatic rings. The Hall–Kier alpha value is -0.0800. The molecule has 0 bridgehead atoms. The second-order valence-corrected chi connectivity index (χ2v) is 3.98. The van der Waals surface area contributed by atoms with Crippen LogP contribution in [0, 0.1) is 0 Å². The summed E-state index contributed by atoms with van der Waals surface area (Å²) in [5.74, 6) is 0. The number of likely N-dealkylation sites (N-methyl/N-ethyl adjacent to an activating group) is 1. The third-order valence-electron chi connectivity index (χ3n) is 2.57. The maximum atomic E-state index is 10.6. The van der Waals surface area contributed by atoms with Crippen LogP contribution in [0.15, 0.2) is 0 Å². The predicted octanol–water partition coefficient (Wildman–Crippen LogP) is 2.02. The zero-order valence-corrected chi connectivity index (χ0v) is 8.31. The lowest BCUT2D eigenvalue weighted by Crippen LogP contribution is -2.36. The van der Waals surface area contributed by atoms with Crippen molar-refractivity contribution in [2.24, 2.45) is 0 Å². The van der Waals surface area contributed by atoms with Crippen molar-refractivity contribution in [3.05, 3.63) is 0 Å². The maximum absolute atomic E-state index is 10.6. The molecular formula is C9H16ClNO. The zero-order chi connectivity index (χ0) is 8.97. The Morgan fingerprint density at radius 1 is 1.42 bits per heavy atom. The molecule has 70 valence electrons. The molecule has 2 nitrogen and oxygen atoms in total. The van der Waals surface area contributed by atoms with Gasteiger partial charge in [0.25, 0.3) is 0 Å². The van der Waals surface area contributed by atoms with Crippen LogP contribution in [0.5, 0.6) is 0 Å². The zero-order valence-electron chi connectivity index (χ0n) is 7.55. The highest BCUT2D eigenvalue weighted by molar-refractivity contribution is 6.64. The summed E-state index contributed by atoms with van der Waals surface area (Å²) in [4.78, 5) is 12.7. The number of hydrogen-bond acceptors (Lipinski definition) is 2. The van der Waals surface area contributed by atoms with Crippen LogP contribution < -0.4 is 0 Å². The molecule has 12 heavy (non-hydrogen) atoms. The molecule has 3 heteroatoms. The first-order chi connectivity index (χ1) is 5.70. The van der Waals surface area contributed by atoms with Gasteiger partial charge in [-0.3, -0.25) is 9.69 Å². The Balaban J connectivity index is 2.29. The lowest BCUT2D eigenvalue weighted by atomic mass is 9.94. The molecule has 0 radical (unpaired) electrons. The van der Waals surface area contributed by atoms with Crippen LogP contribution in [-0.2, 0) is 4.79 Å². The molecular weight excluding hydrogens is 174 g/mol. The van der Waals surface area contributed by atoms with Gasteiger partial charge in [-0.05, 0) is 31.5 Å². The summed E-state index contributed by atoms with van der Waals surface area (Å²) in [5, 5.41) is -0.247. The van der Waals surface area contributed by atoms with E-state index in [2.05, 4.69) is 4.90 Å². The first-order valence-corrected chi connectivity index (χ1v) is 4.96. The third-order valence-corrected chi connectivity index (χ3v) is 2.69. The van der Waals surface area contributed by atoms with E-state index in [9.17, 15) is 4.79 Å². The van der Waals surface area contributed by atoms with Crippen LogP contribution >= 0.6 is 11.6 Å². The molecule has 0 heterocycles. The van der Waals surface area contributed by atoms with Gasteiger partial charge in [0.15, 0.2) is 0 Å². The van der Waals surface area contributed by atoms with Crippen molar-refractivity contribution in [1.82, 2.24) is 4.90 Å². The summed E-state index contributed by atoms with van der Waals surface area (Å²) >= 11 is 5.31. The molecule has 0 aromatic carbocycles. The number of carbonyl (C=O) groups is 1. The average Bonchev–Trinajstić information content (AvgIpc) is 2.05. The third kappa shape index (κ3) is 3.11. The van der Waals surface area contributed by atoms with Crippen molar-refractivity contribution in [3.8, 4) is 0 Å². The van der Waals surface area contributed by atoms with Gasteiger partial charge in [0.05, 0.1) is 6.54 Å². The highest BCUT2D eigenvalue weighted by Gasteiger charge is 2.18. The minimum absolute atomic E-state index is 0.247. The van der Waals surface area contributed by atoms with E-state index in [1.807, 2.05) is 7.05 Å². The van der Waals surface area contributed by atoms with Crippen molar-refractivity contribution in [2.45, 2.75) is 38.1 Å². The quantitative estimate of drug-likeness (QED) is 0.634. The Labute approximate surface area is 78.9 Å². The maximum Gasteiger partial charge on any atom is 0.235 e. The monoisotopic (exact) mass is 189 g/mol. The van der Waals surface area contributed by atoms with Crippen molar-refractivity contribution in [2.75, 3.05) is 13.6 Å². The number of hydrogen-bond donors (Lipinski definition) is 0. The number of carbonyl (C=O) groups excluding carboxylic acids is 1. The van der Waals surface area contributed by atoms with Crippen LogP contribution in [0.2, 0.25) is 0 Å². The van der Waals surface area contributed by atoms with Crippen molar-refractivity contribution in [3.63, 3.8) is 0 Å². The van der Waals surface area contributed by atoms with Crippen LogP contribution in [0.3, 0.4) is 0 Å². The van der Waals surface area contributed by atoms with Gasteiger partial charge in [0.2, 0.25) is 5.24 Å². The first kappa shape index (κ1) is 10.0. The molecule has 0 aromatic heterocycles. The van der Waals surface area contributed by atoms with E-state index in [4.69, 9.17) is 11.6 Å². The van der Waals surface area contributed by atoms with Gasteiger partial charge in [-0.25, -0.2) is 0 Å². The van der Waals surface area contributed by atoms with Gasteiger partial charge in [-0.2, -0.15) is 0 Å². The fourth-order valence-corrected chi connectivity index (χ4v) is 2.04. The van der Waals surface area contributed by atoms with E-state index in [0.717, 1.165) is 0 Å². The minimum atomic E-state index is -0.247. The van der Waals surface area contributed by atoms with Crippen LogP contribution in [-0.4, -0.2) is 29.8 Å². The summed E-state index contributed by atoms with van der Waals surface area (Å²) in [6.45, 7) is 0.395. The van der Waals surface area contributed by atoms with E-state index >= 15 is 0 Å². The Morgan fingerprint density at radius 3 is 2.50 bits per heavy atom. The second-order valence-electron chi connectivity index (χ2n) is 3.56. The summed E-state index contributed by atoms with van der Waals surface area (Å²) in [6, 6.07) is 0.585. The van der Waals surface area contributed by atoms with Crippen molar-refractivity contribution in [1.29, 1.82) is 0 Å². The second kappa shape index (κ2) is 4.83. The van der Waals surface area contributed by atoms with E-state index in [-0.39, 0.29) is 5.24 Å². The van der Waals surface area contributed by atoms with Crippen LogP contribution in [0.4, 0.5) is 0 Å². The van der Waals surface area contributed by atoms with Gasteiger partial charge in [-0.15, -0.1) is 0 Å². The molecule has 1 rings (SSSR count). The highest BCUT2D eigenvalue weighted by atomic mass is 35.5. The predicted molar refractivity (Wildman–Crippen MR) is 50.4 cm³/mol. The van der Waals surface area contributed by atoms with Gasteiger partial charge in [0.1, 0.15) is 0 Å². The molecule has 0 aromatic rings. The summed E-state index contributed by atoms with van der Waals surface area (Å²) in [6.07, 6.45) is 6.39. The summed E-state index contributed by atoms with van der Waals surface area (Å²) in [7, 11) is 1.98. The van der Waals surface area contributed by atoms with Crippen molar-refractivity contribution >= 4 is 16.8 Å². The lowest BCUT2D eigenvalue weighted by Gasteiger charge is -2.29. The topological polar surface area (TPSA) is 20.3 Å². The Morgan fingerprint density at radius 2 is 2.00 bits per heavy atom. The van der Waals surface area contributed by atoms with E-state index < -0.39 is 0 Å². The normalized spacial score (nSPS) is 19.9. The Bertz CT molecular complexity index is 155. The number of halogens is 1. The molecule has 0 N–H and O–H groups in total. The molecule has 0 aliphatic heterocycles. The van der Waals surface area contributed by atoms with E-state index in [1.165, 1.54) is 32.1 Å². The molecule has 0 unspecified atom stereocenters. The Kier molecular flexibility index (Phi) is 4.02. The fourth-order valence-electron chi connectivity index (χ4n) is 1.85. The minimum Gasteiger partial charge on any atom is -0.295 e. The molecule has 0 spiro atoms.